The van der Waals surface area contributed by atoms with Gasteiger partial charge in [-0.2, -0.15) is 0 Å². The summed E-state index contributed by atoms with van der Waals surface area (Å²) < 4.78 is 10.8. The molecule has 0 saturated carbocycles. The molecule has 0 bridgehead atoms. The molecule has 0 aliphatic heterocycles. The summed E-state index contributed by atoms with van der Waals surface area (Å²) >= 11 is 9.33. The molecular weight excluding hydrogens is 338 g/mol. The molecule has 0 amide bonds. The van der Waals surface area contributed by atoms with Crippen molar-refractivity contribution in [1.82, 2.24) is 0 Å². The van der Waals surface area contributed by atoms with E-state index < -0.39 is 5.69 Å². The maximum absolute atomic E-state index is 5.41. The van der Waals surface area contributed by atoms with Gasteiger partial charge < -0.3 is 9.05 Å². The monoisotopic (exact) mass is 360 g/mol. The van der Waals surface area contributed by atoms with Crippen molar-refractivity contribution in [3.05, 3.63) is 0 Å². The molecule has 0 N–H and O–H groups in total. The minimum atomic E-state index is -2.27. The van der Waals surface area contributed by atoms with E-state index in [4.69, 9.17) is 20.9 Å². The van der Waals surface area contributed by atoms with Crippen LogP contribution >= 0.6 is 17.9 Å². The second-order valence-electron chi connectivity index (χ2n) is 3.85. The van der Waals surface area contributed by atoms with E-state index in [2.05, 4.69) is 39.9 Å². The fraction of sp³-hybridized carbons (Fsp3) is 1.00. The Morgan fingerprint density at radius 3 is 1.57 bits per heavy atom. The molecule has 0 rings (SSSR count). The van der Waals surface area contributed by atoms with Crippen LogP contribution in [0.3, 0.4) is 0 Å². The van der Waals surface area contributed by atoms with Crippen molar-refractivity contribution in [2.75, 3.05) is 13.2 Å². The van der Waals surface area contributed by atoms with E-state index in [-0.39, 0.29) is 25.8 Å². The molecule has 0 aromatic heterocycles. The molecule has 0 spiro atoms. The summed E-state index contributed by atoms with van der Waals surface area (Å²) in [7, 11) is 0. The van der Waals surface area contributed by atoms with Crippen molar-refractivity contribution < 1.29 is 9.05 Å². The normalized spacial score (nSPS) is 11.9. The summed E-state index contributed by atoms with van der Waals surface area (Å²) in [5.74, 6) is 0.939. The third kappa shape index (κ3) is 11.9. The topological polar surface area (TPSA) is 18.5 Å². The molecule has 0 aliphatic carbocycles. The first-order valence-electron chi connectivity index (χ1n) is 4.45. The molecule has 86 valence electrons. The second-order valence-corrected chi connectivity index (χ2v) is 9.14. The van der Waals surface area contributed by atoms with Crippen LogP contribution in [0.4, 0.5) is 0 Å². The van der Waals surface area contributed by atoms with Gasteiger partial charge in [-0.05, 0) is 23.6 Å². The van der Waals surface area contributed by atoms with E-state index in [9.17, 15) is 0 Å². The van der Waals surface area contributed by atoms with Crippen LogP contribution in [0.5, 0.6) is 0 Å². The van der Waals surface area contributed by atoms with Gasteiger partial charge in [-0.1, -0.05) is 39.9 Å². The number of rotatable bonds is 6. The summed E-state index contributed by atoms with van der Waals surface area (Å²) in [6.07, 6.45) is 0. The third-order valence-corrected chi connectivity index (χ3v) is 3.42. The van der Waals surface area contributed by atoms with Crippen LogP contribution in [0.25, 0.3) is 0 Å². The van der Waals surface area contributed by atoms with Crippen LogP contribution in [0.2, 0.25) is 0 Å². The van der Waals surface area contributed by atoms with Crippen molar-refractivity contribution in [3.8, 4) is 0 Å². The molecular formula is C8H22InO2PS2. The molecule has 0 aromatic rings. The van der Waals surface area contributed by atoms with E-state index >= 15 is 0 Å². The molecule has 2 nitrogen and oxygen atoms in total. The van der Waals surface area contributed by atoms with Gasteiger partial charge in [-0.3, -0.25) is 0 Å². The van der Waals surface area contributed by atoms with Crippen molar-refractivity contribution in [1.29, 1.82) is 0 Å². The predicted molar refractivity (Wildman–Crippen MR) is 74.8 cm³/mol. The Hall–Kier alpha value is 1.79. The third-order valence-electron chi connectivity index (χ3n) is 1.14. The number of hydrogen-bond acceptors (Lipinski definition) is 3. The average molecular weight is 360 g/mol. The molecule has 0 radical (unpaired) electrons. The van der Waals surface area contributed by atoms with Gasteiger partial charge >= 0.3 is 25.8 Å². The Balaban J connectivity index is 0. The second kappa shape index (κ2) is 8.89. The molecule has 0 aromatic carbocycles. The summed E-state index contributed by atoms with van der Waals surface area (Å²) in [6, 6.07) is 0. The fourth-order valence-corrected chi connectivity index (χ4v) is 2.34. The summed E-state index contributed by atoms with van der Waals surface area (Å²) in [5, 5.41) is 0. The van der Waals surface area contributed by atoms with Crippen LogP contribution in [-0.2, 0) is 20.9 Å². The quantitative estimate of drug-likeness (QED) is 0.579. The van der Waals surface area contributed by atoms with Gasteiger partial charge in [0, 0.05) is 0 Å². The minimum absolute atomic E-state index is 0. The van der Waals surface area contributed by atoms with Crippen LogP contribution in [-0.4, -0.2) is 39.1 Å². The zero-order valence-corrected chi connectivity index (χ0v) is 11.3. The van der Waals surface area contributed by atoms with E-state index in [1.807, 2.05) is 0 Å². The van der Waals surface area contributed by atoms with E-state index in [1.165, 1.54) is 0 Å². The predicted octanol–water partition coefficient (Wildman–Crippen LogP) is 2.30. The average Bonchev–Trinajstić information content (AvgIpc) is 1.98. The molecule has 0 heterocycles. The van der Waals surface area contributed by atoms with Gasteiger partial charge in [-0.25, -0.2) is 0 Å². The van der Waals surface area contributed by atoms with Crippen LogP contribution in [0, 0.1) is 11.8 Å². The van der Waals surface area contributed by atoms with Crippen molar-refractivity contribution in [3.63, 3.8) is 0 Å². The van der Waals surface area contributed by atoms with Gasteiger partial charge in [0.1, 0.15) is 0 Å². The summed E-state index contributed by atoms with van der Waals surface area (Å²) in [4.78, 5) is 0. The van der Waals surface area contributed by atoms with Crippen molar-refractivity contribution in [2.24, 2.45) is 11.8 Å². The molecule has 0 aliphatic rings. The Labute approximate surface area is 117 Å². The van der Waals surface area contributed by atoms with Gasteiger partial charge in [0.2, 0.25) is 5.69 Å². The molecule has 0 fully saturated rings. The Morgan fingerprint density at radius 2 is 1.36 bits per heavy atom. The van der Waals surface area contributed by atoms with Crippen molar-refractivity contribution >= 4 is 55.6 Å². The first-order valence-corrected chi connectivity index (χ1v) is 8.24. The Kier molecular flexibility index (Phi) is 11.5. The summed E-state index contributed by atoms with van der Waals surface area (Å²) in [5.41, 5.74) is -2.27. The van der Waals surface area contributed by atoms with Crippen LogP contribution in [0.15, 0.2) is 0 Å². The van der Waals surface area contributed by atoms with Crippen molar-refractivity contribution in [2.45, 2.75) is 27.7 Å². The molecule has 0 saturated heterocycles. The number of hydrogen-bond donors (Lipinski definition) is 1. The van der Waals surface area contributed by atoms with Crippen LogP contribution < -0.4 is 0 Å². The standard InChI is InChI=1S/C8H19O2PS2.In.3H/c1-7(2)5-9-11(12,13)10-6-8(3)4;;;;/h7-8H,5-6H2,1-4H3,(H,12,13);;;;. The molecule has 0 unspecified atom stereocenters. The first-order chi connectivity index (χ1) is 5.83. The van der Waals surface area contributed by atoms with E-state index in [0.29, 0.717) is 25.0 Å². The fourth-order valence-electron chi connectivity index (χ4n) is 0.524. The summed E-state index contributed by atoms with van der Waals surface area (Å²) in [6.45, 7) is 9.55. The zero-order valence-electron chi connectivity index (χ0n) is 8.69. The van der Waals surface area contributed by atoms with Crippen LogP contribution in [0.1, 0.15) is 27.7 Å². The van der Waals surface area contributed by atoms with E-state index in [1.54, 1.807) is 0 Å². The first kappa shape index (κ1) is 18.2. The number of thiol groups is 1. The van der Waals surface area contributed by atoms with Gasteiger partial charge in [0.15, 0.2) is 0 Å². The Morgan fingerprint density at radius 1 is 1.07 bits per heavy atom. The zero-order chi connectivity index (χ0) is 10.5. The molecule has 14 heavy (non-hydrogen) atoms. The molecule has 0 atom stereocenters. The van der Waals surface area contributed by atoms with Gasteiger partial charge in [0.25, 0.3) is 0 Å². The molecule has 6 heteroatoms. The van der Waals surface area contributed by atoms with Gasteiger partial charge in [0.05, 0.1) is 13.2 Å². The Bertz CT molecular complexity index is 172. The maximum atomic E-state index is 5.41. The van der Waals surface area contributed by atoms with Gasteiger partial charge in [-0.15, -0.1) is 0 Å². The van der Waals surface area contributed by atoms with E-state index in [0.717, 1.165) is 0 Å². The SMILES string of the molecule is CC(C)COP(=S)(S)OCC(C)C.[InH3].